The molecule has 0 bridgehead atoms. The third-order valence-electron chi connectivity index (χ3n) is 9.43. The molecule has 0 saturated carbocycles. The Morgan fingerprint density at radius 2 is 0.662 bits per heavy atom. The van der Waals surface area contributed by atoms with Crippen LogP contribution in [0.15, 0.2) is 127 Å². The summed E-state index contributed by atoms with van der Waals surface area (Å²) in [7, 11) is 0. The molecule has 0 heterocycles. The Balaban J connectivity index is 0.000000459. The Morgan fingerprint density at radius 1 is 0.353 bits per heavy atom. The van der Waals surface area contributed by atoms with Gasteiger partial charge in [0.1, 0.15) is 11.5 Å². The number of hydrogen-bond donors (Lipinski definition) is 1. The van der Waals surface area contributed by atoms with Crippen molar-refractivity contribution in [2.24, 2.45) is 0 Å². The van der Waals surface area contributed by atoms with E-state index in [0.717, 1.165) is 0 Å². The van der Waals surface area contributed by atoms with Crippen molar-refractivity contribution >= 4 is 46.5 Å². The quantitative estimate of drug-likeness (QED) is 0.100. The lowest BCUT2D eigenvalue weighted by Crippen LogP contribution is -2.22. The Morgan fingerprint density at radius 3 is 1.06 bits per heavy atom. The lowest BCUT2D eigenvalue weighted by molar-refractivity contribution is -0.131. The minimum Gasteiger partial charge on any atom is -0.507 e. The van der Waals surface area contributed by atoms with Crippen LogP contribution in [0, 0.1) is 0 Å². The molecule has 0 amide bonds. The third kappa shape index (κ3) is 12.8. The van der Waals surface area contributed by atoms with Crippen molar-refractivity contribution in [3.63, 3.8) is 0 Å². The Labute approximate surface area is 401 Å². The topological polar surface area (TPSA) is 166 Å². The zero-order valence-electron chi connectivity index (χ0n) is 41.7. The van der Waals surface area contributed by atoms with E-state index < -0.39 is 5.97 Å². The molecule has 356 valence electrons. The normalized spacial score (nSPS) is 11.1. The second-order valence-electron chi connectivity index (χ2n) is 12.9. The van der Waals surface area contributed by atoms with E-state index in [9.17, 15) is 43.5 Å². The number of phenolic OH excluding ortho intramolecular Hbond substituents is 1. The van der Waals surface area contributed by atoms with E-state index >= 15 is 0 Å². The number of carbonyl (C=O) groups excluding carboxylic acids is 8. The molecule has 3 aliphatic carbocycles. The highest BCUT2D eigenvalue weighted by Gasteiger charge is 2.33. The highest BCUT2D eigenvalue weighted by atomic mass is 16.5. The molecular weight excluding hydrogens is 857 g/mol. The van der Waals surface area contributed by atoms with E-state index in [4.69, 9.17) is 4.74 Å². The predicted molar refractivity (Wildman–Crippen MR) is 270 cm³/mol. The standard InChI is InChI=1S/C16H10O4.C16H10O3.C14H8O3.6C2H6/c1-9(17)20-13-8-4-7-12-14(13)16(19)11-6-3-2-5-10(11)15(12)18;1-9(17)10-6-7-13-14(8-10)16(19)12-5-3-2-4-11(12)15(13)18;15-11-7-3-6-10-12(11)14(17)9-5-2-1-4-8(9)13(10)16;6*1-2/h2-8H,1H3;2-8H,1H3;1-7,15H;6*1-2H3. The van der Waals surface area contributed by atoms with Crippen molar-refractivity contribution < 1.29 is 48.2 Å². The minimum absolute atomic E-state index is 0.108. The van der Waals surface area contributed by atoms with Crippen molar-refractivity contribution in [3.05, 3.63) is 200 Å². The number of esters is 1. The zero-order chi connectivity index (χ0) is 51.8. The van der Waals surface area contributed by atoms with E-state index in [1.165, 1.54) is 32.0 Å². The van der Waals surface area contributed by atoms with Gasteiger partial charge in [-0.2, -0.15) is 0 Å². The van der Waals surface area contributed by atoms with Crippen molar-refractivity contribution in [1.82, 2.24) is 0 Å². The maximum Gasteiger partial charge on any atom is 0.308 e. The number of fused-ring (bicyclic) bond motifs is 6. The van der Waals surface area contributed by atoms with Crippen molar-refractivity contribution in [3.8, 4) is 11.5 Å². The smallest absolute Gasteiger partial charge is 0.308 e. The molecule has 9 rings (SSSR count). The fraction of sp³-hybridized carbons (Fsp3) is 0.241. The molecule has 0 atom stereocenters. The molecule has 3 aliphatic rings. The summed E-state index contributed by atoms with van der Waals surface area (Å²) in [6.45, 7) is 26.7. The summed E-state index contributed by atoms with van der Waals surface area (Å²) >= 11 is 0. The first-order valence-corrected chi connectivity index (χ1v) is 23.2. The lowest BCUT2D eigenvalue weighted by Gasteiger charge is -2.19. The van der Waals surface area contributed by atoms with Gasteiger partial charge < -0.3 is 9.84 Å². The van der Waals surface area contributed by atoms with Crippen molar-refractivity contribution in [2.75, 3.05) is 0 Å². The molecule has 68 heavy (non-hydrogen) atoms. The van der Waals surface area contributed by atoms with Gasteiger partial charge in [0.05, 0.1) is 11.1 Å². The van der Waals surface area contributed by atoms with E-state index in [1.54, 1.807) is 109 Å². The van der Waals surface area contributed by atoms with Gasteiger partial charge in [-0.3, -0.25) is 38.4 Å². The van der Waals surface area contributed by atoms with Crippen LogP contribution in [0.25, 0.3) is 0 Å². The van der Waals surface area contributed by atoms with Crippen LogP contribution in [0.3, 0.4) is 0 Å². The Hall–Kier alpha value is -7.72. The highest BCUT2D eigenvalue weighted by molar-refractivity contribution is 6.31. The van der Waals surface area contributed by atoms with Gasteiger partial charge in [-0.05, 0) is 31.2 Å². The number of Topliss-reactive ketones (excluding diaryl/α,β-unsaturated/α-hetero) is 1. The number of rotatable bonds is 2. The largest absolute Gasteiger partial charge is 0.507 e. The van der Waals surface area contributed by atoms with E-state index in [2.05, 4.69) is 0 Å². The summed E-state index contributed by atoms with van der Waals surface area (Å²) in [4.78, 5) is 96.4. The molecule has 0 aliphatic heterocycles. The average Bonchev–Trinajstić information content (AvgIpc) is 3.40. The van der Waals surface area contributed by atoms with Crippen LogP contribution in [0.5, 0.6) is 11.5 Å². The van der Waals surface area contributed by atoms with Crippen LogP contribution in [0.1, 0.15) is 203 Å². The number of benzene rings is 6. The molecule has 0 unspecified atom stereocenters. The molecule has 10 heteroatoms. The zero-order valence-corrected chi connectivity index (χ0v) is 41.7. The van der Waals surface area contributed by atoms with Gasteiger partial charge in [0.15, 0.2) is 40.5 Å². The summed E-state index contributed by atoms with van der Waals surface area (Å²) < 4.78 is 5.03. The number of hydrogen-bond acceptors (Lipinski definition) is 10. The predicted octanol–water partition coefficient (Wildman–Crippen LogP) is 13.4. The van der Waals surface area contributed by atoms with Crippen LogP contribution in [0.4, 0.5) is 0 Å². The minimum atomic E-state index is -0.530. The second-order valence-corrected chi connectivity index (χ2v) is 12.9. The van der Waals surface area contributed by atoms with E-state index in [1.807, 2.05) is 83.1 Å². The third-order valence-corrected chi connectivity index (χ3v) is 9.43. The van der Waals surface area contributed by atoms with Crippen LogP contribution in [0.2, 0.25) is 0 Å². The van der Waals surface area contributed by atoms with Gasteiger partial charge in [0.2, 0.25) is 0 Å². The molecule has 0 aromatic heterocycles. The van der Waals surface area contributed by atoms with Gasteiger partial charge in [-0.25, -0.2) is 0 Å². The fourth-order valence-corrected chi connectivity index (χ4v) is 6.80. The maximum atomic E-state index is 12.5. The monoisotopic (exact) mass is 920 g/mol. The number of ether oxygens (including phenoxy) is 1. The van der Waals surface area contributed by atoms with Crippen LogP contribution >= 0.6 is 0 Å². The maximum absolute atomic E-state index is 12.5. The van der Waals surface area contributed by atoms with Gasteiger partial charge in [-0.15, -0.1) is 0 Å². The Kier molecular flexibility index (Phi) is 24.9. The molecule has 1 N–H and O–H groups in total. The van der Waals surface area contributed by atoms with Crippen molar-refractivity contribution in [1.29, 1.82) is 0 Å². The number of carbonyl (C=O) groups is 8. The van der Waals surface area contributed by atoms with E-state index in [0.29, 0.717) is 50.1 Å². The van der Waals surface area contributed by atoms with Crippen molar-refractivity contribution in [2.45, 2.75) is 96.9 Å². The fourth-order valence-electron chi connectivity index (χ4n) is 6.80. The molecule has 0 spiro atoms. The molecular formula is C58H64O10. The SMILES string of the molecule is CC.CC.CC.CC.CC.CC.CC(=O)Oc1cccc2c1C(=O)c1ccccc1C2=O.CC(=O)c1ccc2c(c1)C(=O)c1ccccc1C2=O.O=C1c2ccccc2C(=O)c2c(O)cccc21. The summed E-state index contributed by atoms with van der Waals surface area (Å²) in [5.74, 6) is -2.08. The molecule has 6 aromatic carbocycles. The summed E-state index contributed by atoms with van der Waals surface area (Å²) in [5, 5.41) is 9.70. The molecule has 0 radical (unpaired) electrons. The second kappa shape index (κ2) is 29.0. The van der Waals surface area contributed by atoms with Gasteiger partial charge >= 0.3 is 5.97 Å². The van der Waals surface area contributed by atoms with Gasteiger partial charge in [0.25, 0.3) is 0 Å². The first-order chi connectivity index (χ1) is 32.9. The van der Waals surface area contributed by atoms with Crippen LogP contribution in [-0.4, -0.2) is 51.6 Å². The average molecular weight is 921 g/mol. The molecule has 6 aromatic rings. The molecule has 0 saturated heterocycles. The first kappa shape index (κ1) is 58.3. The number of phenols is 1. The number of ketones is 7. The molecule has 10 nitrogen and oxygen atoms in total. The Bertz CT molecular complexity index is 2760. The summed E-state index contributed by atoms with van der Waals surface area (Å²) in [5.41, 5.74) is 4.24. The van der Waals surface area contributed by atoms with Gasteiger partial charge in [-0.1, -0.05) is 186 Å². The summed E-state index contributed by atoms with van der Waals surface area (Å²) in [6, 6.07) is 33.9. The highest BCUT2D eigenvalue weighted by Crippen LogP contribution is 2.34. The lowest BCUT2D eigenvalue weighted by atomic mass is 9.83. The first-order valence-electron chi connectivity index (χ1n) is 23.2. The summed E-state index contributed by atoms with van der Waals surface area (Å²) in [6.07, 6.45) is 0. The number of aromatic hydroxyl groups is 1. The van der Waals surface area contributed by atoms with Crippen LogP contribution in [-0.2, 0) is 4.79 Å². The van der Waals surface area contributed by atoms with Crippen LogP contribution < -0.4 is 4.74 Å². The van der Waals surface area contributed by atoms with Gasteiger partial charge in [0, 0.05) is 68.1 Å². The van der Waals surface area contributed by atoms with E-state index in [-0.39, 0.29) is 74.2 Å². The molecule has 0 fully saturated rings.